The standard InChI is InChI=1S/C23H27N3O3/c1-3-4-14-29-20-12-11-16(15-21(20)28-2)23(27)26-13-7-10-19(26)22-24-17-8-5-6-9-18(17)25-22/h5-6,8-9,11-12,15,19H,3-4,7,10,13-14H2,1-2H3,(H,24,25). The van der Waals surface area contributed by atoms with Gasteiger partial charge in [0.25, 0.3) is 5.91 Å². The Morgan fingerprint density at radius 1 is 1.24 bits per heavy atom. The van der Waals surface area contributed by atoms with Crippen molar-refractivity contribution in [3.8, 4) is 11.5 Å². The van der Waals surface area contributed by atoms with Crippen LogP contribution in [0.4, 0.5) is 0 Å². The topological polar surface area (TPSA) is 67.5 Å². The van der Waals surface area contributed by atoms with Crippen LogP contribution in [-0.4, -0.2) is 41.0 Å². The molecule has 0 saturated carbocycles. The zero-order valence-electron chi connectivity index (χ0n) is 17.0. The Bertz CT molecular complexity index is 965. The van der Waals surface area contributed by atoms with E-state index < -0.39 is 0 Å². The van der Waals surface area contributed by atoms with E-state index >= 15 is 0 Å². The van der Waals surface area contributed by atoms with Crippen molar-refractivity contribution in [2.24, 2.45) is 0 Å². The number of fused-ring (bicyclic) bond motifs is 1. The van der Waals surface area contributed by atoms with Crippen LogP contribution in [0, 0.1) is 0 Å². The first-order valence-corrected chi connectivity index (χ1v) is 10.3. The molecule has 0 bridgehead atoms. The number of carbonyl (C=O) groups excluding carboxylic acids is 1. The Balaban J connectivity index is 1.56. The quantitative estimate of drug-likeness (QED) is 0.590. The van der Waals surface area contributed by atoms with Gasteiger partial charge in [0.1, 0.15) is 5.82 Å². The number of nitrogens with one attached hydrogen (secondary N) is 1. The van der Waals surface area contributed by atoms with Gasteiger partial charge >= 0.3 is 0 Å². The van der Waals surface area contributed by atoms with Gasteiger partial charge in [-0.15, -0.1) is 0 Å². The number of aromatic nitrogens is 2. The Morgan fingerprint density at radius 3 is 2.90 bits per heavy atom. The second-order valence-electron chi connectivity index (χ2n) is 7.36. The number of H-pyrrole nitrogens is 1. The molecule has 1 aliphatic heterocycles. The van der Waals surface area contributed by atoms with Gasteiger partial charge in [-0.25, -0.2) is 4.98 Å². The highest BCUT2D eigenvalue weighted by Gasteiger charge is 2.33. The van der Waals surface area contributed by atoms with Crippen LogP contribution in [0.5, 0.6) is 11.5 Å². The minimum Gasteiger partial charge on any atom is -0.493 e. The number of rotatable bonds is 7. The maximum Gasteiger partial charge on any atom is 0.254 e. The molecule has 1 N–H and O–H groups in total. The zero-order chi connectivity index (χ0) is 20.2. The summed E-state index contributed by atoms with van der Waals surface area (Å²) in [6, 6.07) is 13.3. The normalized spacial score (nSPS) is 16.3. The highest BCUT2D eigenvalue weighted by molar-refractivity contribution is 5.95. The van der Waals surface area contributed by atoms with Gasteiger partial charge in [-0.2, -0.15) is 0 Å². The summed E-state index contributed by atoms with van der Waals surface area (Å²) in [4.78, 5) is 23.3. The van der Waals surface area contributed by atoms with E-state index in [1.807, 2.05) is 41.3 Å². The van der Waals surface area contributed by atoms with E-state index in [0.29, 0.717) is 23.7 Å². The van der Waals surface area contributed by atoms with Crippen LogP contribution < -0.4 is 9.47 Å². The number of hydrogen-bond acceptors (Lipinski definition) is 4. The first kappa shape index (κ1) is 19.3. The third-order valence-electron chi connectivity index (χ3n) is 5.40. The summed E-state index contributed by atoms with van der Waals surface area (Å²) >= 11 is 0. The molecule has 1 aromatic heterocycles. The lowest BCUT2D eigenvalue weighted by Gasteiger charge is -2.23. The van der Waals surface area contributed by atoms with Crippen LogP contribution >= 0.6 is 0 Å². The van der Waals surface area contributed by atoms with E-state index in [9.17, 15) is 4.79 Å². The number of methoxy groups -OCH3 is 1. The summed E-state index contributed by atoms with van der Waals surface area (Å²) in [6.07, 6.45) is 3.91. The maximum atomic E-state index is 13.3. The number of aromatic amines is 1. The van der Waals surface area contributed by atoms with Crippen LogP contribution in [0.25, 0.3) is 11.0 Å². The average Bonchev–Trinajstić information content (AvgIpc) is 3.40. The molecule has 4 rings (SSSR count). The van der Waals surface area contributed by atoms with Crippen molar-refractivity contribution in [3.05, 3.63) is 53.9 Å². The lowest BCUT2D eigenvalue weighted by Crippen LogP contribution is -2.31. The van der Waals surface area contributed by atoms with E-state index in [0.717, 1.165) is 49.1 Å². The molecule has 1 saturated heterocycles. The smallest absolute Gasteiger partial charge is 0.254 e. The van der Waals surface area contributed by atoms with Crippen LogP contribution in [-0.2, 0) is 0 Å². The van der Waals surface area contributed by atoms with Crippen molar-refractivity contribution in [3.63, 3.8) is 0 Å². The van der Waals surface area contributed by atoms with E-state index in [-0.39, 0.29) is 11.9 Å². The molecule has 2 heterocycles. The first-order chi connectivity index (χ1) is 14.2. The summed E-state index contributed by atoms with van der Waals surface area (Å²) in [5, 5.41) is 0. The lowest BCUT2D eigenvalue weighted by molar-refractivity contribution is 0.0730. The minimum atomic E-state index is -0.0404. The Morgan fingerprint density at radius 2 is 2.10 bits per heavy atom. The molecule has 1 aliphatic rings. The van der Waals surface area contributed by atoms with E-state index in [4.69, 9.17) is 14.5 Å². The molecular formula is C23H27N3O3. The molecule has 29 heavy (non-hydrogen) atoms. The molecule has 1 unspecified atom stereocenters. The predicted octanol–water partition coefficient (Wildman–Crippen LogP) is 4.73. The number of nitrogens with zero attached hydrogens (tertiary/aromatic N) is 2. The number of likely N-dealkylation sites (tertiary alicyclic amines) is 1. The number of hydrogen-bond donors (Lipinski definition) is 1. The predicted molar refractivity (Wildman–Crippen MR) is 113 cm³/mol. The van der Waals surface area contributed by atoms with Crippen molar-refractivity contribution < 1.29 is 14.3 Å². The van der Waals surface area contributed by atoms with Crippen molar-refractivity contribution in [1.82, 2.24) is 14.9 Å². The molecule has 1 amide bonds. The zero-order valence-corrected chi connectivity index (χ0v) is 17.0. The number of imidazole rings is 1. The summed E-state index contributed by atoms with van der Waals surface area (Å²) in [5.74, 6) is 2.11. The molecule has 2 aromatic carbocycles. The highest BCUT2D eigenvalue weighted by atomic mass is 16.5. The molecule has 1 fully saturated rings. The monoisotopic (exact) mass is 393 g/mol. The van der Waals surface area contributed by atoms with Crippen molar-refractivity contribution >= 4 is 16.9 Å². The molecule has 0 aliphatic carbocycles. The van der Waals surface area contributed by atoms with Gasteiger partial charge in [0.15, 0.2) is 11.5 Å². The van der Waals surface area contributed by atoms with Crippen LogP contribution in [0.3, 0.4) is 0 Å². The van der Waals surface area contributed by atoms with E-state index in [1.165, 1.54) is 0 Å². The van der Waals surface area contributed by atoms with Crippen molar-refractivity contribution in [2.45, 2.75) is 38.6 Å². The van der Waals surface area contributed by atoms with Crippen LogP contribution in [0.2, 0.25) is 0 Å². The molecular weight excluding hydrogens is 366 g/mol. The third-order valence-corrected chi connectivity index (χ3v) is 5.40. The molecule has 152 valence electrons. The van der Waals surface area contributed by atoms with Gasteiger partial charge in [-0.05, 0) is 49.6 Å². The highest BCUT2D eigenvalue weighted by Crippen LogP contribution is 2.34. The van der Waals surface area contributed by atoms with E-state index in [2.05, 4.69) is 11.9 Å². The van der Waals surface area contributed by atoms with Gasteiger partial charge in [0.05, 0.1) is 30.8 Å². The molecule has 6 nitrogen and oxygen atoms in total. The molecule has 3 aromatic rings. The molecule has 1 atom stereocenters. The number of benzene rings is 2. The number of para-hydroxylation sites is 2. The van der Waals surface area contributed by atoms with Gasteiger partial charge < -0.3 is 19.4 Å². The summed E-state index contributed by atoms with van der Waals surface area (Å²) in [7, 11) is 1.60. The Labute approximate surface area is 170 Å². The number of unbranched alkanes of at least 4 members (excludes halogenated alkanes) is 1. The second-order valence-corrected chi connectivity index (χ2v) is 7.36. The number of ether oxygens (including phenoxy) is 2. The third kappa shape index (κ3) is 3.92. The van der Waals surface area contributed by atoms with Gasteiger partial charge in [-0.1, -0.05) is 25.5 Å². The fraction of sp³-hybridized carbons (Fsp3) is 0.391. The lowest BCUT2D eigenvalue weighted by atomic mass is 10.1. The maximum absolute atomic E-state index is 13.3. The molecule has 6 heteroatoms. The first-order valence-electron chi connectivity index (χ1n) is 10.3. The summed E-state index contributed by atoms with van der Waals surface area (Å²) in [6.45, 7) is 3.48. The van der Waals surface area contributed by atoms with Crippen molar-refractivity contribution in [2.75, 3.05) is 20.3 Å². The van der Waals surface area contributed by atoms with Crippen LogP contribution in [0.1, 0.15) is 54.8 Å². The second kappa shape index (κ2) is 8.55. The van der Waals surface area contributed by atoms with Gasteiger partial charge in [-0.3, -0.25) is 4.79 Å². The van der Waals surface area contributed by atoms with Crippen LogP contribution in [0.15, 0.2) is 42.5 Å². The average molecular weight is 393 g/mol. The van der Waals surface area contributed by atoms with Gasteiger partial charge in [0.2, 0.25) is 0 Å². The number of amides is 1. The SMILES string of the molecule is CCCCOc1ccc(C(=O)N2CCCC2c2nc3ccccc3[nH]2)cc1OC. The van der Waals surface area contributed by atoms with E-state index in [1.54, 1.807) is 13.2 Å². The molecule has 0 radical (unpaired) electrons. The summed E-state index contributed by atoms with van der Waals surface area (Å²) in [5.41, 5.74) is 2.53. The number of carbonyl (C=O) groups is 1. The summed E-state index contributed by atoms with van der Waals surface area (Å²) < 4.78 is 11.3. The fourth-order valence-electron chi connectivity index (χ4n) is 3.84. The Hall–Kier alpha value is -3.02. The minimum absolute atomic E-state index is 0.00800. The van der Waals surface area contributed by atoms with Gasteiger partial charge in [0, 0.05) is 12.1 Å². The Kier molecular flexibility index (Phi) is 5.69. The fourth-order valence-corrected chi connectivity index (χ4v) is 3.84. The van der Waals surface area contributed by atoms with Crippen molar-refractivity contribution in [1.29, 1.82) is 0 Å². The molecule has 0 spiro atoms. The largest absolute Gasteiger partial charge is 0.493 e.